The summed E-state index contributed by atoms with van der Waals surface area (Å²) in [4.78, 5) is 6.90. The van der Waals surface area contributed by atoms with E-state index in [-0.39, 0.29) is 11.9 Å². The van der Waals surface area contributed by atoms with Crippen molar-refractivity contribution in [2.75, 3.05) is 26.7 Å². The van der Waals surface area contributed by atoms with Crippen LogP contribution in [0.25, 0.3) is 5.69 Å². The summed E-state index contributed by atoms with van der Waals surface area (Å²) in [6.07, 6.45) is 0.642. The lowest BCUT2D eigenvalue weighted by molar-refractivity contribution is -0.0265. The van der Waals surface area contributed by atoms with Gasteiger partial charge >= 0.3 is 0 Å². The Hall–Kier alpha value is -1.79. The maximum absolute atomic E-state index is 13.6. The second-order valence-corrected chi connectivity index (χ2v) is 6.50. The number of hydrogen-bond donors (Lipinski definition) is 0. The first-order valence-electron chi connectivity index (χ1n) is 8.05. The Kier molecular flexibility index (Phi) is 4.73. The van der Waals surface area contributed by atoms with Crippen molar-refractivity contribution in [3.8, 4) is 5.69 Å². The van der Waals surface area contributed by atoms with E-state index in [1.807, 2.05) is 6.07 Å². The van der Waals surface area contributed by atoms with Crippen LogP contribution < -0.4 is 0 Å². The fraction of sp³-hybridized carbons (Fsp3) is 0.529. The third kappa shape index (κ3) is 3.76. The summed E-state index contributed by atoms with van der Waals surface area (Å²) in [6.45, 7) is 6.59. The van der Waals surface area contributed by atoms with Gasteiger partial charge in [0.25, 0.3) is 0 Å². The van der Waals surface area contributed by atoms with E-state index in [0.29, 0.717) is 18.2 Å². The molecule has 1 aliphatic heterocycles. The van der Waals surface area contributed by atoms with Gasteiger partial charge in [0.2, 0.25) is 0 Å². The number of halogens is 1. The number of aromatic nitrogens is 3. The SMILES string of the molecule is CC(C)Cc1nc(C2CN(C)CCO2)n(-c2cccc(F)c2)n1. The van der Waals surface area contributed by atoms with Crippen molar-refractivity contribution in [2.45, 2.75) is 26.4 Å². The number of benzene rings is 1. The zero-order valence-electron chi connectivity index (χ0n) is 13.9. The summed E-state index contributed by atoms with van der Waals surface area (Å²) in [6, 6.07) is 6.43. The van der Waals surface area contributed by atoms with Gasteiger partial charge in [0.15, 0.2) is 11.6 Å². The summed E-state index contributed by atoms with van der Waals surface area (Å²) in [5.41, 5.74) is 0.680. The average Bonchev–Trinajstić information content (AvgIpc) is 2.90. The van der Waals surface area contributed by atoms with Crippen LogP contribution in [-0.4, -0.2) is 46.4 Å². The topological polar surface area (TPSA) is 43.2 Å². The van der Waals surface area contributed by atoms with Gasteiger partial charge in [-0.25, -0.2) is 14.1 Å². The number of morpholine rings is 1. The van der Waals surface area contributed by atoms with E-state index in [0.717, 1.165) is 31.2 Å². The third-order valence-electron chi connectivity index (χ3n) is 3.88. The van der Waals surface area contributed by atoms with E-state index < -0.39 is 0 Å². The van der Waals surface area contributed by atoms with Gasteiger partial charge in [-0.1, -0.05) is 19.9 Å². The molecule has 6 heteroatoms. The second-order valence-electron chi connectivity index (χ2n) is 6.50. The fourth-order valence-corrected chi connectivity index (χ4v) is 2.76. The molecule has 2 heterocycles. The molecule has 1 aliphatic rings. The van der Waals surface area contributed by atoms with Crippen molar-refractivity contribution in [2.24, 2.45) is 5.92 Å². The monoisotopic (exact) mass is 318 g/mol. The minimum absolute atomic E-state index is 0.148. The highest BCUT2D eigenvalue weighted by atomic mass is 19.1. The lowest BCUT2D eigenvalue weighted by Crippen LogP contribution is -2.36. The molecule has 0 aliphatic carbocycles. The molecule has 1 aromatic carbocycles. The largest absolute Gasteiger partial charge is 0.368 e. The maximum atomic E-state index is 13.6. The molecule has 5 nitrogen and oxygen atoms in total. The van der Waals surface area contributed by atoms with Crippen LogP contribution in [0.1, 0.15) is 31.6 Å². The Morgan fingerprint density at radius 1 is 1.39 bits per heavy atom. The molecule has 1 fully saturated rings. The van der Waals surface area contributed by atoms with Gasteiger partial charge < -0.3 is 9.64 Å². The molecule has 124 valence electrons. The number of likely N-dealkylation sites (N-methyl/N-ethyl adjacent to an activating group) is 1. The molecule has 1 saturated heterocycles. The van der Waals surface area contributed by atoms with E-state index in [4.69, 9.17) is 9.72 Å². The van der Waals surface area contributed by atoms with Crippen molar-refractivity contribution >= 4 is 0 Å². The van der Waals surface area contributed by atoms with Gasteiger partial charge in [0.1, 0.15) is 11.9 Å². The van der Waals surface area contributed by atoms with Crippen LogP contribution in [0.3, 0.4) is 0 Å². The van der Waals surface area contributed by atoms with E-state index in [9.17, 15) is 4.39 Å². The smallest absolute Gasteiger partial charge is 0.162 e. The Balaban J connectivity index is 2.00. The number of rotatable bonds is 4. The number of nitrogens with zero attached hydrogens (tertiary/aromatic N) is 4. The van der Waals surface area contributed by atoms with Crippen LogP contribution in [0.15, 0.2) is 24.3 Å². The number of hydrogen-bond acceptors (Lipinski definition) is 4. The van der Waals surface area contributed by atoms with E-state index >= 15 is 0 Å². The van der Waals surface area contributed by atoms with Crippen LogP contribution in [-0.2, 0) is 11.2 Å². The lowest BCUT2D eigenvalue weighted by Gasteiger charge is -2.29. The normalized spacial score (nSPS) is 19.4. The Morgan fingerprint density at radius 2 is 2.22 bits per heavy atom. The summed E-state index contributed by atoms with van der Waals surface area (Å²) in [5.74, 6) is 1.70. The minimum Gasteiger partial charge on any atom is -0.368 e. The molecule has 3 rings (SSSR count). The third-order valence-corrected chi connectivity index (χ3v) is 3.88. The summed E-state index contributed by atoms with van der Waals surface area (Å²) in [5, 5.41) is 4.60. The van der Waals surface area contributed by atoms with E-state index in [1.165, 1.54) is 12.1 Å². The minimum atomic E-state index is -0.281. The van der Waals surface area contributed by atoms with Crippen LogP contribution in [0.5, 0.6) is 0 Å². The Labute approximate surface area is 136 Å². The van der Waals surface area contributed by atoms with Gasteiger partial charge in [0, 0.05) is 19.5 Å². The molecule has 23 heavy (non-hydrogen) atoms. The van der Waals surface area contributed by atoms with Gasteiger partial charge in [-0.15, -0.1) is 0 Å². The number of ether oxygens (including phenoxy) is 1. The van der Waals surface area contributed by atoms with Gasteiger partial charge in [-0.2, -0.15) is 5.10 Å². The van der Waals surface area contributed by atoms with E-state index in [1.54, 1.807) is 10.7 Å². The highest BCUT2D eigenvalue weighted by molar-refractivity contribution is 5.32. The predicted molar refractivity (Wildman–Crippen MR) is 86.0 cm³/mol. The molecular formula is C17H23FN4O. The molecule has 1 atom stereocenters. The quantitative estimate of drug-likeness (QED) is 0.869. The summed E-state index contributed by atoms with van der Waals surface area (Å²) < 4.78 is 21.2. The van der Waals surface area contributed by atoms with Gasteiger partial charge in [-0.05, 0) is 31.2 Å². The molecular weight excluding hydrogens is 295 g/mol. The molecule has 0 radical (unpaired) electrons. The summed E-state index contributed by atoms with van der Waals surface area (Å²) in [7, 11) is 2.06. The zero-order valence-corrected chi connectivity index (χ0v) is 13.9. The maximum Gasteiger partial charge on any atom is 0.162 e. The molecule has 0 N–H and O–H groups in total. The highest BCUT2D eigenvalue weighted by Gasteiger charge is 2.26. The van der Waals surface area contributed by atoms with Crippen LogP contribution in [0.4, 0.5) is 4.39 Å². The molecule has 2 aromatic rings. The molecule has 0 saturated carbocycles. The molecule has 0 amide bonds. The van der Waals surface area contributed by atoms with Crippen LogP contribution >= 0.6 is 0 Å². The van der Waals surface area contributed by atoms with Crippen molar-refractivity contribution in [1.82, 2.24) is 19.7 Å². The van der Waals surface area contributed by atoms with Crippen molar-refractivity contribution < 1.29 is 9.13 Å². The van der Waals surface area contributed by atoms with Gasteiger partial charge in [0.05, 0.1) is 12.3 Å². The first-order chi connectivity index (χ1) is 11.0. The van der Waals surface area contributed by atoms with Crippen LogP contribution in [0.2, 0.25) is 0 Å². The van der Waals surface area contributed by atoms with Gasteiger partial charge in [-0.3, -0.25) is 0 Å². The standard InChI is InChI=1S/C17H23FN4O/c1-12(2)9-16-19-17(15-11-21(3)7-8-23-15)22(20-16)14-6-4-5-13(18)10-14/h4-6,10,12,15H,7-9,11H2,1-3H3. The van der Waals surface area contributed by atoms with Crippen molar-refractivity contribution in [3.63, 3.8) is 0 Å². The predicted octanol–water partition coefficient (Wildman–Crippen LogP) is 2.61. The molecule has 1 unspecified atom stereocenters. The van der Waals surface area contributed by atoms with E-state index in [2.05, 4.69) is 30.9 Å². The Bertz CT molecular complexity index is 670. The van der Waals surface area contributed by atoms with Crippen molar-refractivity contribution in [3.05, 3.63) is 41.7 Å². The second kappa shape index (κ2) is 6.76. The first-order valence-corrected chi connectivity index (χ1v) is 8.05. The fourth-order valence-electron chi connectivity index (χ4n) is 2.76. The molecule has 0 bridgehead atoms. The Morgan fingerprint density at radius 3 is 2.91 bits per heavy atom. The molecule has 0 spiro atoms. The summed E-state index contributed by atoms with van der Waals surface area (Å²) >= 11 is 0. The zero-order chi connectivity index (χ0) is 16.4. The first kappa shape index (κ1) is 16.1. The van der Waals surface area contributed by atoms with Crippen LogP contribution in [0, 0.1) is 11.7 Å². The van der Waals surface area contributed by atoms with Crippen molar-refractivity contribution in [1.29, 1.82) is 0 Å². The lowest BCUT2D eigenvalue weighted by atomic mass is 10.1. The highest BCUT2D eigenvalue weighted by Crippen LogP contribution is 2.23. The molecule has 1 aromatic heterocycles. The average molecular weight is 318 g/mol.